The summed E-state index contributed by atoms with van der Waals surface area (Å²) in [5.41, 5.74) is 1.57. The number of aromatic hydroxyl groups is 2. The van der Waals surface area contributed by atoms with Crippen LogP contribution in [0.25, 0.3) is 0 Å². The lowest BCUT2D eigenvalue weighted by molar-refractivity contribution is -0.163. The Hall–Kier alpha value is -5.40. The second-order valence-corrected chi connectivity index (χ2v) is 14.2. The number of nitrogens with zero attached hydrogens (tertiary/aromatic N) is 2. The molecule has 0 radical (unpaired) electrons. The van der Waals surface area contributed by atoms with Gasteiger partial charge < -0.3 is 30.0 Å². The van der Waals surface area contributed by atoms with Crippen LogP contribution < -0.4 is 10.2 Å². The minimum absolute atomic E-state index is 0.0713. The molecule has 14 heteroatoms. The van der Waals surface area contributed by atoms with Crippen LogP contribution in [0.15, 0.2) is 102 Å². The molecule has 0 bridgehead atoms. The fourth-order valence-corrected chi connectivity index (χ4v) is 8.11. The lowest BCUT2D eigenvalue weighted by Gasteiger charge is -2.36. The molecule has 2 aliphatic rings. The molecule has 6 rings (SSSR count). The Kier molecular flexibility index (Phi) is 8.58. The predicted octanol–water partition coefficient (Wildman–Crippen LogP) is 4.82. The zero-order chi connectivity index (χ0) is 34.2. The normalized spacial score (nSPS) is 21.1. The van der Waals surface area contributed by atoms with E-state index in [0.717, 1.165) is 17.2 Å². The number of phenols is 2. The SMILES string of the molecule is C[C@]1(/C=N/Oc2ccc(NC(=O)c3ccc(O)c(O)c3Cl)cc2)[C@H](C(=O)OC(c2ccccc2)c2ccccc2)N2C(=O)C[C@H]2S1(=O)=O. The maximum absolute atomic E-state index is 13.9. The Morgan fingerprint density at radius 1 is 0.979 bits per heavy atom. The fourth-order valence-electron chi connectivity index (χ4n) is 5.67. The van der Waals surface area contributed by atoms with Crippen molar-refractivity contribution in [2.45, 2.75) is 35.6 Å². The number of carbonyl (C=O) groups excluding carboxylic acids is 3. The highest BCUT2D eigenvalue weighted by Gasteiger charge is 2.70. The van der Waals surface area contributed by atoms with Crippen LogP contribution in [-0.4, -0.2) is 63.7 Å². The number of oxime groups is 1. The molecule has 3 atom stereocenters. The number of hydrogen-bond donors (Lipinski definition) is 3. The maximum Gasteiger partial charge on any atom is 0.331 e. The Morgan fingerprint density at radius 2 is 1.58 bits per heavy atom. The van der Waals surface area contributed by atoms with E-state index in [4.69, 9.17) is 21.2 Å². The molecule has 48 heavy (non-hydrogen) atoms. The van der Waals surface area contributed by atoms with Gasteiger partial charge in [0.1, 0.15) is 10.1 Å². The number of esters is 1. The summed E-state index contributed by atoms with van der Waals surface area (Å²) in [5.74, 6) is -3.00. The van der Waals surface area contributed by atoms with Gasteiger partial charge in [0.25, 0.3) is 5.91 Å². The number of halogens is 1. The summed E-state index contributed by atoms with van der Waals surface area (Å²) in [4.78, 5) is 45.7. The average Bonchev–Trinajstić information content (AvgIpc) is 3.22. The summed E-state index contributed by atoms with van der Waals surface area (Å²) in [7, 11) is -4.15. The molecule has 2 aliphatic heterocycles. The van der Waals surface area contributed by atoms with Crippen molar-refractivity contribution in [2.24, 2.45) is 5.16 Å². The second kappa shape index (κ2) is 12.7. The van der Waals surface area contributed by atoms with Crippen LogP contribution in [0.4, 0.5) is 5.69 Å². The molecule has 0 saturated carbocycles. The molecule has 0 aliphatic carbocycles. The molecular weight excluding hydrogens is 662 g/mol. The van der Waals surface area contributed by atoms with Crippen LogP contribution in [-0.2, 0) is 24.2 Å². The van der Waals surface area contributed by atoms with Gasteiger partial charge in [-0.3, -0.25) is 9.59 Å². The zero-order valence-electron chi connectivity index (χ0n) is 25.2. The van der Waals surface area contributed by atoms with Crippen molar-refractivity contribution in [1.29, 1.82) is 0 Å². The van der Waals surface area contributed by atoms with Crippen molar-refractivity contribution < 1.29 is 42.6 Å². The number of fused-ring (bicyclic) bond motifs is 1. The lowest BCUT2D eigenvalue weighted by Crippen LogP contribution is -2.58. The van der Waals surface area contributed by atoms with Gasteiger partial charge in [-0.15, -0.1) is 0 Å². The fraction of sp³-hybridized carbons (Fsp3) is 0.176. The van der Waals surface area contributed by atoms with Crippen molar-refractivity contribution in [3.05, 3.63) is 119 Å². The van der Waals surface area contributed by atoms with Crippen molar-refractivity contribution in [2.75, 3.05) is 5.32 Å². The second-order valence-electron chi connectivity index (χ2n) is 11.3. The van der Waals surface area contributed by atoms with E-state index in [1.165, 1.54) is 37.3 Å². The molecule has 246 valence electrons. The van der Waals surface area contributed by atoms with Gasteiger partial charge in [-0.25, -0.2) is 13.2 Å². The van der Waals surface area contributed by atoms with Gasteiger partial charge in [0.2, 0.25) is 5.91 Å². The summed E-state index contributed by atoms with van der Waals surface area (Å²) < 4.78 is 31.4. The first-order valence-electron chi connectivity index (χ1n) is 14.6. The third-order valence-electron chi connectivity index (χ3n) is 8.32. The predicted molar refractivity (Wildman–Crippen MR) is 175 cm³/mol. The van der Waals surface area contributed by atoms with Crippen molar-refractivity contribution in [3.8, 4) is 17.2 Å². The van der Waals surface area contributed by atoms with Crippen molar-refractivity contribution in [3.63, 3.8) is 0 Å². The number of nitrogens with one attached hydrogen (secondary N) is 1. The number of hydrogen-bond acceptors (Lipinski definition) is 10. The number of β-lactam (4-membered cyclic amide) rings is 1. The molecule has 2 saturated heterocycles. The molecule has 2 amide bonds. The molecule has 3 N–H and O–H groups in total. The third-order valence-corrected chi connectivity index (χ3v) is 11.4. The number of sulfone groups is 1. The van der Waals surface area contributed by atoms with E-state index in [1.807, 2.05) is 12.1 Å². The summed E-state index contributed by atoms with van der Waals surface area (Å²) in [6.45, 7) is 1.30. The van der Waals surface area contributed by atoms with Gasteiger partial charge in [-0.1, -0.05) is 77.4 Å². The Morgan fingerprint density at radius 3 is 2.17 bits per heavy atom. The van der Waals surface area contributed by atoms with Crippen LogP contribution in [0.2, 0.25) is 5.02 Å². The Bertz CT molecular complexity index is 1990. The number of rotatable bonds is 9. The number of ether oxygens (including phenoxy) is 1. The first-order chi connectivity index (χ1) is 22.9. The van der Waals surface area contributed by atoms with E-state index < -0.39 is 61.4 Å². The van der Waals surface area contributed by atoms with E-state index in [1.54, 1.807) is 48.5 Å². The highest BCUT2D eigenvalue weighted by Crippen LogP contribution is 2.46. The van der Waals surface area contributed by atoms with Gasteiger partial charge in [0.15, 0.2) is 39.2 Å². The standard InChI is InChI=1S/C34H28ClN3O9S/c1-34(19-36-47-23-14-12-22(13-15-23)37-32(42)24-16-17-25(39)29(41)28(24)35)31(38-26(40)18-27(38)48(34,44)45)33(43)46-30(20-8-4-2-5-9-20)21-10-6-3-7-11-21/h2-17,19,27,30-31,39,41H,18H2,1H3,(H,37,42)/b36-19+/t27-,31+,34+/m1/s1. The van der Waals surface area contributed by atoms with Crippen LogP contribution in [0.1, 0.15) is 40.9 Å². The van der Waals surface area contributed by atoms with Crippen LogP contribution in [0.5, 0.6) is 17.2 Å². The highest BCUT2D eigenvalue weighted by molar-refractivity contribution is 7.94. The number of amides is 2. The molecule has 4 aromatic carbocycles. The van der Waals surface area contributed by atoms with Gasteiger partial charge in [-0.2, -0.15) is 0 Å². The van der Waals surface area contributed by atoms with Crippen molar-refractivity contribution in [1.82, 2.24) is 4.90 Å². The Labute approximate surface area is 280 Å². The zero-order valence-corrected chi connectivity index (χ0v) is 26.8. The number of anilines is 1. The van der Waals surface area contributed by atoms with Gasteiger partial charge >= 0.3 is 5.97 Å². The van der Waals surface area contributed by atoms with Gasteiger partial charge in [-0.05, 0) is 54.4 Å². The maximum atomic E-state index is 13.9. The van der Waals surface area contributed by atoms with Crippen LogP contribution in [0.3, 0.4) is 0 Å². The van der Waals surface area contributed by atoms with Gasteiger partial charge in [0.05, 0.1) is 23.2 Å². The lowest BCUT2D eigenvalue weighted by atomic mass is 9.96. The first-order valence-corrected chi connectivity index (χ1v) is 16.5. The third kappa shape index (κ3) is 5.71. The smallest absolute Gasteiger partial charge is 0.331 e. The molecule has 4 aromatic rings. The summed E-state index contributed by atoms with van der Waals surface area (Å²) in [6.07, 6.45) is -0.140. The molecule has 12 nitrogen and oxygen atoms in total. The monoisotopic (exact) mass is 689 g/mol. The Balaban J connectivity index is 1.21. The minimum atomic E-state index is -4.15. The summed E-state index contributed by atoms with van der Waals surface area (Å²) in [6, 6.07) is 24.6. The molecule has 0 spiro atoms. The van der Waals surface area contributed by atoms with E-state index >= 15 is 0 Å². The van der Waals surface area contributed by atoms with Crippen molar-refractivity contribution >= 4 is 51.1 Å². The van der Waals surface area contributed by atoms with E-state index in [9.17, 15) is 33.0 Å². The largest absolute Gasteiger partial charge is 0.504 e. The molecule has 2 heterocycles. The first kappa shape index (κ1) is 32.5. The van der Waals surface area contributed by atoms with E-state index in [0.29, 0.717) is 16.8 Å². The van der Waals surface area contributed by atoms with Crippen LogP contribution in [0, 0.1) is 0 Å². The number of phenolic OH excluding ortho intramolecular Hbond substituents is 2. The van der Waals surface area contributed by atoms with Crippen LogP contribution >= 0.6 is 11.6 Å². The quantitative estimate of drug-likeness (QED) is 0.0733. The molecule has 0 unspecified atom stereocenters. The summed E-state index contributed by atoms with van der Waals surface area (Å²) >= 11 is 5.97. The summed E-state index contributed by atoms with van der Waals surface area (Å²) in [5, 5.41) is 24.3. The molecular formula is C34H28ClN3O9S. The average molecular weight is 690 g/mol. The molecule has 2 fully saturated rings. The topological polar surface area (TPSA) is 172 Å². The minimum Gasteiger partial charge on any atom is -0.504 e. The van der Waals surface area contributed by atoms with Gasteiger partial charge in [0, 0.05) is 5.69 Å². The van der Waals surface area contributed by atoms with E-state index in [2.05, 4.69) is 10.5 Å². The number of carbonyl (C=O) groups is 3. The molecule has 0 aromatic heterocycles. The number of benzene rings is 4. The van der Waals surface area contributed by atoms with E-state index in [-0.39, 0.29) is 22.8 Å². The highest BCUT2D eigenvalue weighted by atomic mass is 35.5.